The molecule has 1 aromatic heterocycles. The largest absolute Gasteiger partial charge is 0.366 e. The third-order valence-electron chi connectivity index (χ3n) is 4.95. The Kier molecular flexibility index (Phi) is 4.15. The second-order valence-corrected chi connectivity index (χ2v) is 6.64. The minimum atomic E-state index is -0.00219. The lowest BCUT2D eigenvalue weighted by molar-refractivity contribution is 0.0786. The van der Waals surface area contributed by atoms with Crippen molar-refractivity contribution in [2.45, 2.75) is 38.1 Å². The second kappa shape index (κ2) is 6.59. The molecule has 0 saturated carbocycles. The molecule has 1 amide bonds. The van der Waals surface area contributed by atoms with Crippen LogP contribution in [0.4, 0.5) is 5.82 Å². The van der Waals surface area contributed by atoms with Gasteiger partial charge in [0.2, 0.25) is 0 Å². The van der Waals surface area contributed by atoms with E-state index in [0.717, 1.165) is 45.2 Å². The van der Waals surface area contributed by atoms with Gasteiger partial charge in [-0.25, -0.2) is 4.98 Å². The van der Waals surface area contributed by atoms with Gasteiger partial charge in [0.15, 0.2) is 0 Å². The molecule has 0 radical (unpaired) electrons. The van der Waals surface area contributed by atoms with Crippen molar-refractivity contribution in [3.05, 3.63) is 53.5 Å². The molecule has 1 aliphatic carbocycles. The van der Waals surface area contributed by atoms with Crippen molar-refractivity contribution < 1.29 is 4.79 Å². The summed E-state index contributed by atoms with van der Waals surface area (Å²) >= 11 is 0. The summed E-state index contributed by atoms with van der Waals surface area (Å²) in [5.41, 5.74) is 3.29. The zero-order valence-corrected chi connectivity index (χ0v) is 13.7. The molecule has 5 nitrogen and oxygen atoms in total. The van der Waals surface area contributed by atoms with Gasteiger partial charge in [0.1, 0.15) is 11.5 Å². The maximum absolute atomic E-state index is 12.5. The van der Waals surface area contributed by atoms with Crippen molar-refractivity contribution in [1.82, 2.24) is 14.9 Å². The summed E-state index contributed by atoms with van der Waals surface area (Å²) < 4.78 is 0. The van der Waals surface area contributed by atoms with Crippen molar-refractivity contribution in [3.63, 3.8) is 0 Å². The molecule has 1 aromatic carbocycles. The molecule has 0 bridgehead atoms. The summed E-state index contributed by atoms with van der Waals surface area (Å²) in [7, 11) is 0. The number of anilines is 1. The first-order valence-electron chi connectivity index (χ1n) is 8.74. The monoisotopic (exact) mass is 322 g/mol. The van der Waals surface area contributed by atoms with Crippen LogP contribution in [0.1, 0.15) is 40.9 Å². The maximum Gasteiger partial charge on any atom is 0.274 e. The van der Waals surface area contributed by atoms with Gasteiger partial charge in [0.05, 0.1) is 12.4 Å². The molecule has 2 aromatic rings. The number of aryl methyl sites for hydroxylation is 1. The Hall–Kier alpha value is -2.43. The van der Waals surface area contributed by atoms with E-state index in [4.69, 9.17) is 0 Å². The van der Waals surface area contributed by atoms with Crippen LogP contribution >= 0.6 is 0 Å². The van der Waals surface area contributed by atoms with Gasteiger partial charge in [-0.15, -0.1) is 0 Å². The smallest absolute Gasteiger partial charge is 0.274 e. The number of nitrogens with zero attached hydrogens (tertiary/aromatic N) is 3. The highest BCUT2D eigenvalue weighted by Gasteiger charge is 2.22. The van der Waals surface area contributed by atoms with E-state index in [1.807, 2.05) is 4.90 Å². The lowest BCUT2D eigenvalue weighted by atomic mass is 9.88. The van der Waals surface area contributed by atoms with Crippen LogP contribution in [0.3, 0.4) is 0 Å². The summed E-state index contributed by atoms with van der Waals surface area (Å²) in [5.74, 6) is 0.696. The van der Waals surface area contributed by atoms with Gasteiger partial charge in [-0.05, 0) is 43.2 Å². The molecule has 2 heterocycles. The van der Waals surface area contributed by atoms with Crippen molar-refractivity contribution in [3.8, 4) is 0 Å². The van der Waals surface area contributed by atoms with Crippen LogP contribution < -0.4 is 5.32 Å². The quantitative estimate of drug-likeness (QED) is 0.944. The van der Waals surface area contributed by atoms with Crippen LogP contribution in [0.5, 0.6) is 0 Å². The zero-order chi connectivity index (χ0) is 16.4. The Bertz CT molecular complexity index is 740. The van der Waals surface area contributed by atoms with E-state index in [2.05, 4.69) is 39.6 Å². The lowest BCUT2D eigenvalue weighted by Crippen LogP contribution is -2.30. The lowest BCUT2D eigenvalue weighted by Gasteiger charge is -2.26. The molecule has 24 heavy (non-hydrogen) atoms. The number of rotatable bonds is 3. The number of carbonyl (C=O) groups excluding carboxylic acids is 1. The molecule has 1 saturated heterocycles. The van der Waals surface area contributed by atoms with Gasteiger partial charge in [0, 0.05) is 19.1 Å². The van der Waals surface area contributed by atoms with Crippen LogP contribution in [0.2, 0.25) is 0 Å². The predicted molar refractivity (Wildman–Crippen MR) is 93.0 cm³/mol. The van der Waals surface area contributed by atoms with Gasteiger partial charge in [-0.2, -0.15) is 0 Å². The summed E-state index contributed by atoms with van der Waals surface area (Å²) in [5, 5.41) is 3.46. The highest BCUT2D eigenvalue weighted by atomic mass is 16.2. The highest BCUT2D eigenvalue weighted by molar-refractivity contribution is 5.92. The second-order valence-electron chi connectivity index (χ2n) is 6.64. The number of hydrogen-bond donors (Lipinski definition) is 1. The minimum absolute atomic E-state index is 0.00219. The third kappa shape index (κ3) is 3.11. The molecule has 1 fully saturated rings. The Morgan fingerprint density at radius 3 is 2.75 bits per heavy atom. The molecule has 124 valence electrons. The number of hydrogen-bond acceptors (Lipinski definition) is 4. The molecule has 1 unspecified atom stereocenters. The molecule has 1 N–H and O–H groups in total. The fourth-order valence-corrected chi connectivity index (χ4v) is 3.65. The molecule has 4 rings (SSSR count). The van der Waals surface area contributed by atoms with Gasteiger partial charge in [-0.1, -0.05) is 24.3 Å². The molecular formula is C19H22N4O. The molecule has 1 atom stereocenters. The fourth-order valence-electron chi connectivity index (χ4n) is 3.65. The van der Waals surface area contributed by atoms with E-state index < -0.39 is 0 Å². The minimum Gasteiger partial charge on any atom is -0.366 e. The van der Waals surface area contributed by atoms with Gasteiger partial charge in [-0.3, -0.25) is 9.78 Å². The first kappa shape index (κ1) is 15.1. The predicted octanol–water partition coefficient (Wildman–Crippen LogP) is 2.68. The number of fused-ring (bicyclic) bond motifs is 1. The number of amides is 1. The molecular weight excluding hydrogens is 300 g/mol. The maximum atomic E-state index is 12.5. The van der Waals surface area contributed by atoms with E-state index in [1.165, 1.54) is 11.1 Å². The van der Waals surface area contributed by atoms with E-state index in [9.17, 15) is 4.79 Å². The van der Waals surface area contributed by atoms with E-state index >= 15 is 0 Å². The van der Waals surface area contributed by atoms with Crippen LogP contribution in [0.25, 0.3) is 0 Å². The van der Waals surface area contributed by atoms with Crippen LogP contribution in [0.15, 0.2) is 36.7 Å². The number of carbonyl (C=O) groups is 1. The van der Waals surface area contributed by atoms with Crippen LogP contribution in [0, 0.1) is 0 Å². The van der Waals surface area contributed by atoms with Crippen molar-refractivity contribution >= 4 is 11.7 Å². The topological polar surface area (TPSA) is 58.1 Å². The first-order valence-corrected chi connectivity index (χ1v) is 8.74. The number of nitrogens with one attached hydrogen (secondary N) is 1. The van der Waals surface area contributed by atoms with Gasteiger partial charge >= 0.3 is 0 Å². The average Bonchev–Trinajstić information content (AvgIpc) is 3.16. The van der Waals surface area contributed by atoms with Crippen molar-refractivity contribution in [2.75, 3.05) is 18.4 Å². The van der Waals surface area contributed by atoms with Gasteiger partial charge < -0.3 is 10.2 Å². The number of benzene rings is 1. The standard InChI is InChI=1S/C19H22N4O/c24-19(23-9-3-4-10-23)17-12-20-13-18(22-17)21-16-8-7-14-5-1-2-6-15(14)11-16/h1-2,5-6,12-13,16H,3-4,7-11H2,(H,21,22). The third-order valence-corrected chi connectivity index (χ3v) is 4.95. The van der Waals surface area contributed by atoms with E-state index in [1.54, 1.807) is 12.4 Å². The average molecular weight is 322 g/mol. The Morgan fingerprint density at radius 1 is 1.12 bits per heavy atom. The van der Waals surface area contributed by atoms with Crippen molar-refractivity contribution in [1.29, 1.82) is 0 Å². The van der Waals surface area contributed by atoms with Crippen LogP contribution in [-0.2, 0) is 12.8 Å². The summed E-state index contributed by atoms with van der Waals surface area (Å²) in [6, 6.07) is 8.94. The Balaban J connectivity index is 1.46. The normalized spacial score (nSPS) is 19.8. The zero-order valence-electron chi connectivity index (χ0n) is 13.7. The van der Waals surface area contributed by atoms with Crippen molar-refractivity contribution in [2.24, 2.45) is 0 Å². The Labute approximate surface area is 142 Å². The molecule has 2 aliphatic rings. The first-order chi connectivity index (χ1) is 11.8. The fraction of sp³-hybridized carbons (Fsp3) is 0.421. The molecule has 0 spiro atoms. The van der Waals surface area contributed by atoms with E-state index in [-0.39, 0.29) is 5.91 Å². The highest BCUT2D eigenvalue weighted by Crippen LogP contribution is 2.23. The molecule has 5 heteroatoms. The van der Waals surface area contributed by atoms with Crippen LogP contribution in [-0.4, -0.2) is 39.9 Å². The Morgan fingerprint density at radius 2 is 1.92 bits per heavy atom. The van der Waals surface area contributed by atoms with Gasteiger partial charge in [0.25, 0.3) is 5.91 Å². The van der Waals surface area contributed by atoms with E-state index in [0.29, 0.717) is 17.6 Å². The summed E-state index contributed by atoms with van der Waals surface area (Å²) in [6.07, 6.45) is 8.58. The summed E-state index contributed by atoms with van der Waals surface area (Å²) in [4.78, 5) is 23.0. The number of aromatic nitrogens is 2. The SMILES string of the molecule is O=C(c1cncc(NC2CCc3ccccc3C2)n1)N1CCCC1. The summed E-state index contributed by atoms with van der Waals surface area (Å²) in [6.45, 7) is 1.66. The number of likely N-dealkylation sites (tertiary alicyclic amines) is 1. The molecule has 1 aliphatic heterocycles.